The number of hydrogen-bond donors (Lipinski definition) is 0. The van der Waals surface area contributed by atoms with Crippen molar-refractivity contribution in [3.63, 3.8) is 0 Å². The molecule has 0 bridgehead atoms. The van der Waals surface area contributed by atoms with E-state index >= 15 is 0 Å². The maximum Gasteiger partial charge on any atom is 0.254 e. The lowest BCUT2D eigenvalue weighted by Gasteiger charge is -2.35. The maximum absolute atomic E-state index is 13.1. The molecule has 170 valence electrons. The van der Waals surface area contributed by atoms with E-state index in [4.69, 9.17) is 4.74 Å². The van der Waals surface area contributed by atoms with Gasteiger partial charge in [-0.2, -0.15) is 4.31 Å². The third-order valence-corrected chi connectivity index (χ3v) is 8.26. The Morgan fingerprint density at radius 1 is 0.871 bits per heavy atom. The van der Waals surface area contributed by atoms with Gasteiger partial charge in [-0.3, -0.25) is 9.59 Å². The summed E-state index contributed by atoms with van der Waals surface area (Å²) >= 11 is 0. The van der Waals surface area contributed by atoms with Gasteiger partial charge in [0.25, 0.3) is 11.8 Å². The lowest BCUT2D eigenvalue weighted by atomic mass is 10.1. The minimum absolute atomic E-state index is 0.00939. The molecular formula is C22H31N3O5S. The van der Waals surface area contributed by atoms with Crippen LogP contribution in [0.4, 0.5) is 0 Å². The van der Waals surface area contributed by atoms with Crippen LogP contribution in [0.25, 0.3) is 0 Å². The molecule has 0 N–H and O–H groups in total. The lowest BCUT2D eigenvalue weighted by molar-refractivity contribution is -0.142. The Morgan fingerprint density at radius 2 is 1.55 bits per heavy atom. The zero-order chi connectivity index (χ0) is 21.8. The number of rotatable bonds is 4. The number of ether oxygens (including phenoxy) is 1. The number of sulfonamides is 1. The van der Waals surface area contributed by atoms with Crippen molar-refractivity contribution in [1.29, 1.82) is 0 Å². The summed E-state index contributed by atoms with van der Waals surface area (Å²) in [5.41, 5.74) is 0.370. The minimum Gasteiger partial charge on any atom is -0.368 e. The van der Waals surface area contributed by atoms with Crippen molar-refractivity contribution in [1.82, 2.24) is 14.1 Å². The van der Waals surface area contributed by atoms with Gasteiger partial charge in [0.2, 0.25) is 10.0 Å². The molecule has 3 fully saturated rings. The van der Waals surface area contributed by atoms with Gasteiger partial charge in [0.1, 0.15) is 6.10 Å². The summed E-state index contributed by atoms with van der Waals surface area (Å²) in [5.74, 6) is -0.188. The SMILES string of the molecule is O=C(c1cccc(S(=O)(=O)N2CCCCCC2)c1)N1CCN(C(=O)C2CCCO2)CC1. The molecule has 3 saturated heterocycles. The summed E-state index contributed by atoms with van der Waals surface area (Å²) in [5, 5.41) is 0. The molecule has 3 aliphatic rings. The molecule has 0 radical (unpaired) electrons. The molecule has 4 rings (SSSR count). The molecule has 1 aromatic rings. The van der Waals surface area contributed by atoms with E-state index in [1.807, 2.05) is 0 Å². The first kappa shape index (κ1) is 22.2. The Labute approximate surface area is 184 Å². The van der Waals surface area contributed by atoms with Crippen molar-refractivity contribution in [2.45, 2.75) is 49.5 Å². The Balaban J connectivity index is 1.41. The van der Waals surface area contributed by atoms with Gasteiger partial charge in [-0.1, -0.05) is 18.9 Å². The largest absolute Gasteiger partial charge is 0.368 e. The second kappa shape index (κ2) is 9.67. The molecule has 0 aromatic heterocycles. The van der Waals surface area contributed by atoms with Gasteiger partial charge < -0.3 is 14.5 Å². The summed E-state index contributed by atoms with van der Waals surface area (Å²) in [6.45, 7) is 3.49. The predicted octanol–water partition coefficient (Wildman–Crippen LogP) is 1.71. The number of amides is 2. The van der Waals surface area contributed by atoms with Crippen LogP contribution in [-0.2, 0) is 19.6 Å². The summed E-state index contributed by atoms with van der Waals surface area (Å²) in [6.07, 6.45) is 5.15. The van der Waals surface area contributed by atoms with E-state index in [-0.39, 0.29) is 22.8 Å². The van der Waals surface area contributed by atoms with Gasteiger partial charge in [-0.05, 0) is 43.9 Å². The zero-order valence-electron chi connectivity index (χ0n) is 17.9. The molecule has 31 heavy (non-hydrogen) atoms. The minimum atomic E-state index is -3.61. The second-order valence-electron chi connectivity index (χ2n) is 8.47. The molecule has 3 heterocycles. The fourth-order valence-electron chi connectivity index (χ4n) is 4.51. The van der Waals surface area contributed by atoms with Gasteiger partial charge in [0.05, 0.1) is 4.90 Å². The highest BCUT2D eigenvalue weighted by Crippen LogP contribution is 2.22. The first-order valence-corrected chi connectivity index (χ1v) is 12.7. The molecule has 1 aromatic carbocycles. The summed E-state index contributed by atoms with van der Waals surface area (Å²) in [4.78, 5) is 29.2. The normalized spacial score (nSPS) is 23.5. The monoisotopic (exact) mass is 449 g/mol. The van der Waals surface area contributed by atoms with E-state index in [2.05, 4.69) is 0 Å². The first-order valence-electron chi connectivity index (χ1n) is 11.3. The Hall–Kier alpha value is -1.97. The fraction of sp³-hybridized carbons (Fsp3) is 0.636. The van der Waals surface area contributed by atoms with E-state index in [1.54, 1.807) is 32.3 Å². The zero-order valence-corrected chi connectivity index (χ0v) is 18.7. The van der Waals surface area contributed by atoms with Crippen LogP contribution < -0.4 is 0 Å². The van der Waals surface area contributed by atoms with Crippen LogP contribution in [-0.4, -0.2) is 86.3 Å². The predicted molar refractivity (Wildman–Crippen MR) is 115 cm³/mol. The first-order chi connectivity index (χ1) is 15.0. The number of carbonyl (C=O) groups excluding carboxylic acids is 2. The standard InChI is InChI=1S/C22H31N3O5S/c26-21(23-12-14-24(15-13-23)22(27)20-9-6-16-30-20)18-7-5-8-19(17-18)31(28,29)25-10-3-1-2-4-11-25/h5,7-8,17,20H,1-4,6,9-16H2. The van der Waals surface area contributed by atoms with Crippen molar-refractivity contribution >= 4 is 21.8 Å². The number of benzene rings is 1. The van der Waals surface area contributed by atoms with Gasteiger partial charge in [0.15, 0.2) is 0 Å². The van der Waals surface area contributed by atoms with Crippen molar-refractivity contribution in [3.8, 4) is 0 Å². The number of nitrogens with zero attached hydrogens (tertiary/aromatic N) is 3. The number of piperazine rings is 1. The summed E-state index contributed by atoms with van der Waals surface area (Å²) in [6, 6.07) is 6.35. The molecule has 2 amide bonds. The van der Waals surface area contributed by atoms with E-state index in [9.17, 15) is 18.0 Å². The van der Waals surface area contributed by atoms with E-state index < -0.39 is 10.0 Å². The second-order valence-corrected chi connectivity index (χ2v) is 10.4. The smallest absolute Gasteiger partial charge is 0.254 e. The molecule has 0 spiro atoms. The highest BCUT2D eigenvalue weighted by atomic mass is 32.2. The summed E-state index contributed by atoms with van der Waals surface area (Å²) in [7, 11) is -3.61. The van der Waals surface area contributed by atoms with E-state index in [0.717, 1.165) is 38.5 Å². The molecule has 8 nitrogen and oxygen atoms in total. The number of carbonyl (C=O) groups is 2. The van der Waals surface area contributed by atoms with Gasteiger partial charge in [-0.15, -0.1) is 0 Å². The van der Waals surface area contributed by atoms with Gasteiger partial charge in [-0.25, -0.2) is 8.42 Å². The van der Waals surface area contributed by atoms with Crippen molar-refractivity contribution < 1.29 is 22.7 Å². The topological polar surface area (TPSA) is 87.2 Å². The average Bonchev–Trinajstić information content (AvgIpc) is 3.20. The van der Waals surface area contributed by atoms with Crippen LogP contribution >= 0.6 is 0 Å². The Morgan fingerprint density at radius 3 is 2.19 bits per heavy atom. The van der Waals surface area contributed by atoms with Crippen LogP contribution in [0.3, 0.4) is 0 Å². The van der Waals surface area contributed by atoms with Crippen molar-refractivity contribution in [2.24, 2.45) is 0 Å². The van der Waals surface area contributed by atoms with Crippen LogP contribution in [0.2, 0.25) is 0 Å². The van der Waals surface area contributed by atoms with Crippen molar-refractivity contribution in [2.75, 3.05) is 45.9 Å². The quantitative estimate of drug-likeness (QED) is 0.699. The third-order valence-electron chi connectivity index (χ3n) is 6.37. The Kier molecular flexibility index (Phi) is 6.93. The third kappa shape index (κ3) is 4.94. The lowest BCUT2D eigenvalue weighted by Crippen LogP contribution is -2.52. The summed E-state index contributed by atoms with van der Waals surface area (Å²) < 4.78 is 33.2. The van der Waals surface area contributed by atoms with Crippen LogP contribution in [0, 0.1) is 0 Å². The van der Waals surface area contributed by atoms with Crippen LogP contribution in [0.1, 0.15) is 48.9 Å². The van der Waals surface area contributed by atoms with Crippen LogP contribution in [0.5, 0.6) is 0 Å². The number of hydrogen-bond acceptors (Lipinski definition) is 5. The maximum atomic E-state index is 13.1. The fourth-order valence-corrected chi connectivity index (χ4v) is 6.07. The molecule has 1 atom stereocenters. The molecule has 0 aliphatic carbocycles. The molecule has 1 unspecified atom stereocenters. The highest BCUT2D eigenvalue weighted by molar-refractivity contribution is 7.89. The average molecular weight is 450 g/mol. The molecular weight excluding hydrogens is 418 g/mol. The Bertz CT molecular complexity index is 897. The molecule has 9 heteroatoms. The van der Waals surface area contributed by atoms with E-state index in [0.29, 0.717) is 51.4 Å². The van der Waals surface area contributed by atoms with E-state index in [1.165, 1.54) is 6.07 Å². The highest BCUT2D eigenvalue weighted by Gasteiger charge is 2.32. The van der Waals surface area contributed by atoms with Crippen molar-refractivity contribution in [3.05, 3.63) is 29.8 Å². The molecule has 3 aliphatic heterocycles. The van der Waals surface area contributed by atoms with Crippen LogP contribution in [0.15, 0.2) is 29.2 Å². The molecule has 0 saturated carbocycles. The van der Waals surface area contributed by atoms with Gasteiger partial charge in [0, 0.05) is 51.4 Å². The van der Waals surface area contributed by atoms with Gasteiger partial charge >= 0.3 is 0 Å².